The van der Waals surface area contributed by atoms with Crippen LogP contribution < -0.4 is 10.2 Å². The minimum Gasteiger partial charge on any atom is -0.338 e. The predicted octanol–water partition coefficient (Wildman–Crippen LogP) is 0.167. The SMILES string of the molecule is CCc1nc(N2CCCNCC2)n[nH]1. The molecule has 0 saturated carbocycles. The van der Waals surface area contributed by atoms with Crippen LogP contribution in [0.5, 0.6) is 0 Å². The Balaban J connectivity index is 2.04. The normalized spacial score (nSPS) is 18.2. The lowest BCUT2D eigenvalue weighted by atomic mass is 10.4. The molecule has 1 aromatic heterocycles. The number of nitrogens with zero attached hydrogens (tertiary/aromatic N) is 3. The van der Waals surface area contributed by atoms with E-state index in [1.165, 1.54) is 0 Å². The van der Waals surface area contributed by atoms with Crippen LogP contribution in [0.2, 0.25) is 0 Å². The number of hydrogen-bond acceptors (Lipinski definition) is 4. The molecule has 0 spiro atoms. The number of aromatic nitrogens is 3. The fourth-order valence-electron chi connectivity index (χ4n) is 1.63. The zero-order valence-corrected chi connectivity index (χ0v) is 8.58. The summed E-state index contributed by atoms with van der Waals surface area (Å²) in [6, 6.07) is 0. The number of rotatable bonds is 2. The number of H-pyrrole nitrogens is 1. The van der Waals surface area contributed by atoms with Gasteiger partial charge in [-0.25, -0.2) is 0 Å². The molecule has 1 aliphatic heterocycles. The van der Waals surface area contributed by atoms with Crippen molar-refractivity contribution in [1.29, 1.82) is 0 Å². The lowest BCUT2D eigenvalue weighted by Crippen LogP contribution is -2.28. The van der Waals surface area contributed by atoms with Crippen LogP contribution in [0.15, 0.2) is 0 Å². The lowest BCUT2D eigenvalue weighted by molar-refractivity contribution is 0.724. The molecule has 14 heavy (non-hydrogen) atoms. The van der Waals surface area contributed by atoms with E-state index in [-0.39, 0.29) is 0 Å². The van der Waals surface area contributed by atoms with Crippen LogP contribution in [0.4, 0.5) is 5.95 Å². The van der Waals surface area contributed by atoms with Gasteiger partial charge < -0.3 is 10.2 Å². The van der Waals surface area contributed by atoms with Crippen molar-refractivity contribution in [2.45, 2.75) is 19.8 Å². The van der Waals surface area contributed by atoms with Gasteiger partial charge in [-0.15, -0.1) is 5.10 Å². The average molecular weight is 195 g/mol. The second-order valence-corrected chi connectivity index (χ2v) is 3.53. The quantitative estimate of drug-likeness (QED) is 0.706. The van der Waals surface area contributed by atoms with Crippen molar-refractivity contribution < 1.29 is 0 Å². The Morgan fingerprint density at radius 1 is 1.36 bits per heavy atom. The summed E-state index contributed by atoms with van der Waals surface area (Å²) in [5.74, 6) is 1.82. The Hall–Kier alpha value is -1.10. The summed E-state index contributed by atoms with van der Waals surface area (Å²) in [6.07, 6.45) is 2.08. The summed E-state index contributed by atoms with van der Waals surface area (Å²) in [7, 11) is 0. The molecule has 78 valence electrons. The Labute approximate surface area is 83.9 Å². The van der Waals surface area contributed by atoms with Gasteiger partial charge in [0.2, 0.25) is 5.95 Å². The summed E-state index contributed by atoms with van der Waals surface area (Å²) < 4.78 is 0. The van der Waals surface area contributed by atoms with Gasteiger partial charge in [-0.05, 0) is 13.0 Å². The second-order valence-electron chi connectivity index (χ2n) is 3.53. The van der Waals surface area contributed by atoms with Crippen LogP contribution in [0.25, 0.3) is 0 Å². The summed E-state index contributed by atoms with van der Waals surface area (Å²) in [5, 5.41) is 10.5. The van der Waals surface area contributed by atoms with Gasteiger partial charge in [-0.3, -0.25) is 5.10 Å². The molecule has 1 aliphatic rings. The van der Waals surface area contributed by atoms with Gasteiger partial charge in [-0.1, -0.05) is 6.92 Å². The summed E-state index contributed by atoms with van der Waals surface area (Å²) in [5.41, 5.74) is 0. The summed E-state index contributed by atoms with van der Waals surface area (Å²) in [6.45, 7) is 6.25. The molecular formula is C9H17N5. The van der Waals surface area contributed by atoms with Gasteiger partial charge in [0, 0.05) is 26.1 Å². The van der Waals surface area contributed by atoms with E-state index in [0.717, 1.165) is 50.8 Å². The van der Waals surface area contributed by atoms with Crippen LogP contribution in [0.3, 0.4) is 0 Å². The van der Waals surface area contributed by atoms with Gasteiger partial charge in [0.1, 0.15) is 5.82 Å². The third-order valence-corrected chi connectivity index (χ3v) is 2.48. The van der Waals surface area contributed by atoms with Crippen LogP contribution in [-0.2, 0) is 6.42 Å². The van der Waals surface area contributed by atoms with E-state index in [1.807, 2.05) is 0 Å². The fraction of sp³-hybridized carbons (Fsp3) is 0.778. The smallest absolute Gasteiger partial charge is 0.244 e. The summed E-state index contributed by atoms with van der Waals surface area (Å²) in [4.78, 5) is 6.66. The monoisotopic (exact) mass is 195 g/mol. The highest BCUT2D eigenvalue weighted by atomic mass is 15.4. The molecule has 0 aromatic carbocycles. The number of nitrogens with one attached hydrogen (secondary N) is 2. The third-order valence-electron chi connectivity index (χ3n) is 2.48. The van der Waals surface area contributed by atoms with Gasteiger partial charge in [0.05, 0.1) is 0 Å². The summed E-state index contributed by atoms with van der Waals surface area (Å²) >= 11 is 0. The first-order chi connectivity index (χ1) is 6.90. The van der Waals surface area contributed by atoms with Gasteiger partial charge in [0.25, 0.3) is 0 Å². The van der Waals surface area contributed by atoms with Crippen molar-refractivity contribution in [3.05, 3.63) is 5.82 Å². The van der Waals surface area contributed by atoms with Crippen molar-refractivity contribution in [3.63, 3.8) is 0 Å². The molecule has 2 N–H and O–H groups in total. The molecule has 5 heteroatoms. The zero-order valence-electron chi connectivity index (χ0n) is 8.58. The van der Waals surface area contributed by atoms with Crippen LogP contribution in [0.1, 0.15) is 19.2 Å². The van der Waals surface area contributed by atoms with Crippen molar-refractivity contribution in [2.24, 2.45) is 0 Å². The standard InChI is InChI=1S/C9H17N5/c1-2-8-11-9(13-12-8)14-6-3-4-10-5-7-14/h10H,2-7H2,1H3,(H,11,12,13). The van der Waals surface area contributed by atoms with Crippen molar-refractivity contribution in [3.8, 4) is 0 Å². The van der Waals surface area contributed by atoms with Gasteiger partial charge >= 0.3 is 0 Å². The Morgan fingerprint density at radius 3 is 3.07 bits per heavy atom. The highest BCUT2D eigenvalue weighted by Gasteiger charge is 2.13. The second kappa shape index (κ2) is 4.41. The third kappa shape index (κ3) is 2.04. The number of aryl methyl sites for hydroxylation is 1. The maximum Gasteiger partial charge on any atom is 0.244 e. The van der Waals surface area contributed by atoms with E-state index in [9.17, 15) is 0 Å². The van der Waals surface area contributed by atoms with E-state index in [2.05, 4.69) is 32.3 Å². The molecule has 0 atom stereocenters. The number of aromatic amines is 1. The maximum atomic E-state index is 4.43. The molecule has 5 nitrogen and oxygen atoms in total. The molecule has 1 saturated heterocycles. The Morgan fingerprint density at radius 2 is 2.29 bits per heavy atom. The maximum absolute atomic E-state index is 4.43. The van der Waals surface area contributed by atoms with Crippen LogP contribution in [-0.4, -0.2) is 41.4 Å². The molecule has 0 radical (unpaired) electrons. The molecule has 1 fully saturated rings. The average Bonchev–Trinajstić information content (AvgIpc) is 2.53. The van der Waals surface area contributed by atoms with E-state index in [0.29, 0.717) is 0 Å². The van der Waals surface area contributed by atoms with Gasteiger partial charge in [0.15, 0.2) is 0 Å². The largest absolute Gasteiger partial charge is 0.338 e. The number of hydrogen-bond donors (Lipinski definition) is 2. The highest BCUT2D eigenvalue weighted by Crippen LogP contribution is 2.08. The highest BCUT2D eigenvalue weighted by molar-refractivity contribution is 5.28. The van der Waals surface area contributed by atoms with Crippen molar-refractivity contribution in [1.82, 2.24) is 20.5 Å². The van der Waals surface area contributed by atoms with E-state index < -0.39 is 0 Å². The number of anilines is 1. The minimum absolute atomic E-state index is 0.852. The Kier molecular flexibility index (Phi) is 2.98. The molecule has 0 aliphatic carbocycles. The molecule has 2 heterocycles. The van der Waals surface area contributed by atoms with E-state index >= 15 is 0 Å². The predicted molar refractivity (Wildman–Crippen MR) is 55.5 cm³/mol. The van der Waals surface area contributed by atoms with Crippen LogP contribution in [0, 0.1) is 0 Å². The van der Waals surface area contributed by atoms with Crippen LogP contribution >= 0.6 is 0 Å². The fourth-order valence-corrected chi connectivity index (χ4v) is 1.63. The van der Waals surface area contributed by atoms with Crippen molar-refractivity contribution in [2.75, 3.05) is 31.1 Å². The van der Waals surface area contributed by atoms with Gasteiger partial charge in [-0.2, -0.15) is 4.98 Å². The molecule has 0 amide bonds. The molecule has 1 aromatic rings. The van der Waals surface area contributed by atoms with Crippen molar-refractivity contribution >= 4 is 5.95 Å². The van der Waals surface area contributed by atoms with E-state index in [1.54, 1.807) is 0 Å². The van der Waals surface area contributed by atoms with E-state index in [4.69, 9.17) is 0 Å². The lowest BCUT2D eigenvalue weighted by Gasteiger charge is -2.16. The molecule has 0 unspecified atom stereocenters. The first kappa shape index (κ1) is 9.45. The zero-order chi connectivity index (χ0) is 9.80. The molecular weight excluding hydrogens is 178 g/mol. The minimum atomic E-state index is 0.852. The molecule has 0 bridgehead atoms. The Bertz CT molecular complexity index is 274. The first-order valence-electron chi connectivity index (χ1n) is 5.27. The topological polar surface area (TPSA) is 56.8 Å². The molecule has 2 rings (SSSR count). The first-order valence-corrected chi connectivity index (χ1v) is 5.27.